The molecule has 2 aromatic heterocycles. The highest BCUT2D eigenvalue weighted by molar-refractivity contribution is 7.17. The number of nitrogens with two attached hydrogens (primary N) is 1. The highest BCUT2D eigenvalue weighted by Gasteiger charge is 2.26. The average Bonchev–Trinajstić information content (AvgIpc) is 3.43. The Balaban J connectivity index is 1.25. The van der Waals surface area contributed by atoms with E-state index in [1.807, 2.05) is 43.5 Å². The van der Waals surface area contributed by atoms with Gasteiger partial charge < -0.3 is 25.8 Å². The number of carbonyl (C=O) groups excluding carboxylic acids is 2. The largest absolute Gasteiger partial charge is 0.494 e. The molecule has 1 aliphatic rings. The number of hydrogen-bond acceptors (Lipinski definition) is 8. The second-order valence-electron chi connectivity index (χ2n) is 8.75. The zero-order valence-corrected chi connectivity index (χ0v) is 22.2. The fourth-order valence-electron chi connectivity index (χ4n) is 4.25. The van der Waals surface area contributed by atoms with E-state index < -0.39 is 6.09 Å². The summed E-state index contributed by atoms with van der Waals surface area (Å²) >= 11 is 3.08. The third-order valence-electron chi connectivity index (χ3n) is 6.09. The van der Waals surface area contributed by atoms with Gasteiger partial charge in [0.15, 0.2) is 0 Å². The Hall–Kier alpha value is -3.11. The second kappa shape index (κ2) is 12.2. The van der Waals surface area contributed by atoms with Crippen molar-refractivity contribution in [2.24, 2.45) is 5.92 Å². The lowest BCUT2D eigenvalue weighted by atomic mass is 9.89. The molecule has 3 aromatic rings. The van der Waals surface area contributed by atoms with E-state index in [2.05, 4.69) is 15.6 Å². The van der Waals surface area contributed by atoms with E-state index in [9.17, 15) is 9.59 Å². The van der Waals surface area contributed by atoms with Crippen LogP contribution in [0.1, 0.15) is 46.5 Å². The molecule has 1 atom stereocenters. The first-order valence-electron chi connectivity index (χ1n) is 12.1. The van der Waals surface area contributed by atoms with E-state index in [4.69, 9.17) is 15.2 Å². The number of carbonyl (C=O) groups is 2. The molecule has 10 heteroatoms. The summed E-state index contributed by atoms with van der Waals surface area (Å²) in [5, 5.41) is 9.36. The number of thiophene rings is 1. The molecule has 0 saturated heterocycles. The number of anilines is 2. The van der Waals surface area contributed by atoms with Gasteiger partial charge in [-0.25, -0.2) is 9.78 Å². The number of hydrogen-bond donors (Lipinski definition) is 3. The summed E-state index contributed by atoms with van der Waals surface area (Å²) in [5.74, 6) is 0.971. The predicted octanol–water partition coefficient (Wildman–Crippen LogP) is 5.10. The maximum Gasteiger partial charge on any atom is 0.407 e. The third-order valence-corrected chi connectivity index (χ3v) is 8.09. The summed E-state index contributed by atoms with van der Waals surface area (Å²) in [6, 6.07) is 7.79. The highest BCUT2D eigenvalue weighted by Crippen LogP contribution is 2.41. The number of benzene rings is 1. The standard InChI is InChI=1S/C26H32N4O4S2/c1-3-33-21-7-5-4-6-18(21)9-11-23(31)30-25-24(27)20-10-8-17(12-22(20)36-25)14-34-26(32)28-13-19-15-35-16(2)29-19/h4-7,15,17H,3,8-14,27H2,1-2H3,(H,28,32)(H,30,31). The Morgan fingerprint density at radius 2 is 2.11 bits per heavy atom. The summed E-state index contributed by atoms with van der Waals surface area (Å²) < 4.78 is 11.1. The maximum atomic E-state index is 12.7. The molecule has 0 saturated carbocycles. The van der Waals surface area contributed by atoms with Gasteiger partial charge in [-0.05, 0) is 62.6 Å². The van der Waals surface area contributed by atoms with Crippen LogP contribution in [0.25, 0.3) is 0 Å². The average molecular weight is 529 g/mol. The number of alkyl carbamates (subject to hydrolysis) is 1. The zero-order chi connectivity index (χ0) is 25.5. The minimum absolute atomic E-state index is 0.0709. The van der Waals surface area contributed by atoms with Crippen LogP contribution in [0.3, 0.4) is 0 Å². The third kappa shape index (κ3) is 6.76. The lowest BCUT2D eigenvalue weighted by Gasteiger charge is -2.22. The molecule has 4 N–H and O–H groups in total. The zero-order valence-electron chi connectivity index (χ0n) is 20.6. The number of aromatic nitrogens is 1. The highest BCUT2D eigenvalue weighted by atomic mass is 32.1. The number of nitrogen functional groups attached to an aromatic ring is 1. The van der Waals surface area contributed by atoms with Crippen molar-refractivity contribution in [3.63, 3.8) is 0 Å². The van der Waals surface area contributed by atoms with Gasteiger partial charge in [-0.15, -0.1) is 22.7 Å². The molecule has 0 aliphatic heterocycles. The smallest absolute Gasteiger partial charge is 0.407 e. The quantitative estimate of drug-likeness (QED) is 0.337. The number of aryl methyl sites for hydroxylation is 2. The summed E-state index contributed by atoms with van der Waals surface area (Å²) in [6.45, 7) is 5.17. The van der Waals surface area contributed by atoms with Crippen molar-refractivity contribution in [3.8, 4) is 5.75 Å². The number of thiazole rings is 1. The molecule has 1 aliphatic carbocycles. The molecule has 0 spiro atoms. The van der Waals surface area contributed by atoms with Crippen molar-refractivity contribution in [1.29, 1.82) is 0 Å². The predicted molar refractivity (Wildman–Crippen MR) is 144 cm³/mol. The maximum absolute atomic E-state index is 12.7. The van der Waals surface area contributed by atoms with Gasteiger partial charge in [0.05, 0.1) is 36.1 Å². The monoisotopic (exact) mass is 528 g/mol. The Morgan fingerprint density at radius 3 is 2.89 bits per heavy atom. The second-order valence-corrected chi connectivity index (χ2v) is 10.9. The van der Waals surface area contributed by atoms with Crippen LogP contribution in [-0.2, 0) is 35.3 Å². The molecule has 4 rings (SSSR count). The van der Waals surface area contributed by atoms with E-state index in [0.717, 1.165) is 51.7 Å². The van der Waals surface area contributed by atoms with E-state index >= 15 is 0 Å². The normalized spacial score (nSPS) is 14.7. The molecule has 1 unspecified atom stereocenters. The number of para-hydroxylation sites is 1. The molecule has 0 fully saturated rings. The van der Waals surface area contributed by atoms with Crippen LogP contribution in [0.2, 0.25) is 0 Å². The van der Waals surface area contributed by atoms with Crippen molar-refractivity contribution in [3.05, 3.63) is 56.4 Å². The van der Waals surface area contributed by atoms with Crippen LogP contribution in [-0.4, -0.2) is 30.2 Å². The van der Waals surface area contributed by atoms with Crippen LogP contribution in [0.5, 0.6) is 5.75 Å². The van der Waals surface area contributed by atoms with Gasteiger partial charge in [-0.1, -0.05) is 18.2 Å². The summed E-state index contributed by atoms with van der Waals surface area (Å²) in [7, 11) is 0. The van der Waals surface area contributed by atoms with Crippen molar-refractivity contribution < 1.29 is 19.1 Å². The minimum Gasteiger partial charge on any atom is -0.494 e. The van der Waals surface area contributed by atoms with Crippen LogP contribution in [0.15, 0.2) is 29.6 Å². The first kappa shape index (κ1) is 26.0. The number of rotatable bonds is 10. The summed E-state index contributed by atoms with van der Waals surface area (Å²) in [5.41, 5.74) is 10.00. The molecule has 0 bridgehead atoms. The van der Waals surface area contributed by atoms with Gasteiger partial charge in [-0.3, -0.25) is 4.79 Å². The topological polar surface area (TPSA) is 116 Å². The van der Waals surface area contributed by atoms with Gasteiger partial charge in [0.1, 0.15) is 10.8 Å². The van der Waals surface area contributed by atoms with Gasteiger partial charge in [0.2, 0.25) is 5.91 Å². The van der Waals surface area contributed by atoms with Crippen LogP contribution in [0, 0.1) is 12.8 Å². The van der Waals surface area contributed by atoms with Crippen molar-refractivity contribution in [2.75, 3.05) is 24.3 Å². The number of nitrogens with zero attached hydrogens (tertiary/aromatic N) is 1. The summed E-state index contributed by atoms with van der Waals surface area (Å²) in [4.78, 5) is 30.2. The number of ether oxygens (including phenoxy) is 2. The molecular formula is C26H32N4O4S2. The van der Waals surface area contributed by atoms with Crippen molar-refractivity contribution in [2.45, 2.75) is 52.5 Å². The summed E-state index contributed by atoms with van der Waals surface area (Å²) in [6.07, 6.45) is 2.97. The van der Waals surface area contributed by atoms with Crippen LogP contribution in [0.4, 0.5) is 15.5 Å². The molecule has 192 valence electrons. The lowest BCUT2D eigenvalue weighted by Crippen LogP contribution is -2.27. The van der Waals surface area contributed by atoms with E-state index in [-0.39, 0.29) is 11.8 Å². The molecular weight excluding hydrogens is 496 g/mol. The molecule has 2 heterocycles. The van der Waals surface area contributed by atoms with E-state index in [1.54, 1.807) is 11.3 Å². The fourth-order valence-corrected chi connectivity index (χ4v) is 6.17. The van der Waals surface area contributed by atoms with Crippen LogP contribution < -0.4 is 21.1 Å². The number of nitrogens with one attached hydrogen (secondary N) is 2. The van der Waals surface area contributed by atoms with Gasteiger partial charge in [0, 0.05) is 16.7 Å². The number of fused-ring (bicyclic) bond motifs is 1. The van der Waals surface area contributed by atoms with Gasteiger partial charge in [0.25, 0.3) is 0 Å². The van der Waals surface area contributed by atoms with Crippen molar-refractivity contribution in [1.82, 2.24) is 10.3 Å². The Labute approximate surface area is 219 Å². The van der Waals surface area contributed by atoms with E-state index in [1.165, 1.54) is 11.3 Å². The Kier molecular flexibility index (Phi) is 8.82. The minimum atomic E-state index is -0.434. The molecule has 1 aromatic carbocycles. The SMILES string of the molecule is CCOc1ccccc1CCC(=O)Nc1sc2c(c1N)CCC(COC(=O)NCc1csc(C)n1)C2. The van der Waals surface area contributed by atoms with E-state index in [0.29, 0.717) is 43.3 Å². The Bertz CT molecular complexity index is 1210. The first-order chi connectivity index (χ1) is 17.4. The number of amides is 2. The fraction of sp³-hybridized carbons (Fsp3) is 0.423. The van der Waals surface area contributed by atoms with Crippen molar-refractivity contribution >= 4 is 45.4 Å². The van der Waals surface area contributed by atoms with Gasteiger partial charge >= 0.3 is 6.09 Å². The molecule has 2 amide bonds. The lowest BCUT2D eigenvalue weighted by molar-refractivity contribution is -0.116. The molecule has 8 nitrogen and oxygen atoms in total. The molecule has 36 heavy (non-hydrogen) atoms. The Morgan fingerprint density at radius 1 is 1.28 bits per heavy atom. The molecule has 0 radical (unpaired) electrons. The van der Waals surface area contributed by atoms with Crippen LogP contribution >= 0.6 is 22.7 Å². The first-order valence-corrected chi connectivity index (χ1v) is 13.8. The van der Waals surface area contributed by atoms with Gasteiger partial charge in [-0.2, -0.15) is 0 Å².